The van der Waals surface area contributed by atoms with Gasteiger partial charge in [-0.05, 0) is 39.9 Å². The summed E-state index contributed by atoms with van der Waals surface area (Å²) in [4.78, 5) is 23.7. The molecule has 0 bridgehead atoms. The molecule has 0 unspecified atom stereocenters. The summed E-state index contributed by atoms with van der Waals surface area (Å²) in [6, 6.07) is 19.1. The van der Waals surface area contributed by atoms with E-state index in [1.54, 1.807) is 0 Å². The van der Waals surface area contributed by atoms with Crippen LogP contribution in [0.1, 0.15) is 28.7 Å². The van der Waals surface area contributed by atoms with E-state index < -0.39 is 23.9 Å². The monoisotopic (exact) mass is 390 g/mol. The van der Waals surface area contributed by atoms with Crippen LogP contribution in [0.4, 0.5) is 9.18 Å². The number of fused-ring (bicyclic) bond motifs is 3. The van der Waals surface area contributed by atoms with Gasteiger partial charge in [0.25, 0.3) is 0 Å². The SMILES string of the molecule is O=C(N[C@@H](C(=O)[O-])c1ccc(F)cc1)OCC1c2ccccc2-c2ccccc21. The van der Waals surface area contributed by atoms with Crippen LogP contribution in [0.3, 0.4) is 0 Å². The maximum Gasteiger partial charge on any atom is 0.407 e. The van der Waals surface area contributed by atoms with Crippen molar-refractivity contribution >= 4 is 12.1 Å². The second-order valence-electron chi connectivity index (χ2n) is 6.77. The number of halogens is 1. The number of carbonyl (C=O) groups is 2. The van der Waals surface area contributed by atoms with E-state index in [1.807, 2.05) is 48.5 Å². The van der Waals surface area contributed by atoms with E-state index in [0.29, 0.717) is 0 Å². The molecule has 1 N–H and O–H groups in total. The van der Waals surface area contributed by atoms with E-state index >= 15 is 0 Å². The molecule has 0 fully saturated rings. The Kier molecular flexibility index (Phi) is 4.99. The van der Waals surface area contributed by atoms with E-state index in [2.05, 4.69) is 5.32 Å². The molecule has 146 valence electrons. The van der Waals surface area contributed by atoms with Crippen LogP contribution >= 0.6 is 0 Å². The maximum absolute atomic E-state index is 13.1. The van der Waals surface area contributed by atoms with Gasteiger partial charge >= 0.3 is 6.09 Å². The van der Waals surface area contributed by atoms with Crippen molar-refractivity contribution in [3.63, 3.8) is 0 Å². The third-order valence-electron chi connectivity index (χ3n) is 5.04. The molecule has 1 atom stereocenters. The van der Waals surface area contributed by atoms with Crippen LogP contribution in [0.2, 0.25) is 0 Å². The Morgan fingerprint density at radius 1 is 0.931 bits per heavy atom. The molecule has 0 aliphatic heterocycles. The number of rotatable bonds is 5. The summed E-state index contributed by atoms with van der Waals surface area (Å²) >= 11 is 0. The predicted molar refractivity (Wildman–Crippen MR) is 102 cm³/mol. The molecule has 0 saturated carbocycles. The average Bonchev–Trinajstić information content (AvgIpc) is 3.05. The molecule has 1 aliphatic carbocycles. The van der Waals surface area contributed by atoms with Crippen molar-refractivity contribution < 1.29 is 23.8 Å². The highest BCUT2D eigenvalue weighted by Crippen LogP contribution is 2.44. The number of hydrogen-bond acceptors (Lipinski definition) is 4. The zero-order chi connectivity index (χ0) is 20.4. The van der Waals surface area contributed by atoms with Crippen molar-refractivity contribution in [3.05, 3.63) is 95.3 Å². The van der Waals surface area contributed by atoms with Crippen molar-refractivity contribution in [2.24, 2.45) is 0 Å². The van der Waals surface area contributed by atoms with Crippen LogP contribution in [-0.4, -0.2) is 18.7 Å². The van der Waals surface area contributed by atoms with Crippen molar-refractivity contribution in [2.45, 2.75) is 12.0 Å². The van der Waals surface area contributed by atoms with Crippen molar-refractivity contribution in [1.82, 2.24) is 5.32 Å². The van der Waals surface area contributed by atoms with Gasteiger partial charge in [0.05, 0.1) is 12.0 Å². The molecule has 1 aliphatic rings. The Morgan fingerprint density at radius 3 is 2.03 bits per heavy atom. The molecule has 0 radical (unpaired) electrons. The fraction of sp³-hybridized carbons (Fsp3) is 0.130. The molecule has 4 rings (SSSR count). The minimum atomic E-state index is -1.51. The molecule has 1 amide bonds. The van der Waals surface area contributed by atoms with Crippen molar-refractivity contribution in [2.75, 3.05) is 6.61 Å². The molecule has 0 saturated heterocycles. The molecule has 3 aromatic rings. The van der Waals surface area contributed by atoms with Crippen LogP contribution in [0.5, 0.6) is 0 Å². The molecular formula is C23H17FNO4-. The topological polar surface area (TPSA) is 78.5 Å². The third kappa shape index (κ3) is 3.69. The fourth-order valence-corrected chi connectivity index (χ4v) is 3.69. The van der Waals surface area contributed by atoms with Gasteiger partial charge < -0.3 is 20.0 Å². The summed E-state index contributed by atoms with van der Waals surface area (Å²) in [5.41, 5.74) is 4.49. The first-order chi connectivity index (χ1) is 14.0. The molecule has 6 heteroatoms. The standard InChI is InChI=1S/C23H18FNO4/c24-15-11-9-14(10-12-15)21(22(26)27)25-23(28)29-13-20-18-7-3-1-5-16(18)17-6-2-4-8-19(17)20/h1-12,20-21H,13H2,(H,25,28)(H,26,27)/p-1/t21-/m1/s1. The Morgan fingerprint density at radius 2 is 1.48 bits per heavy atom. The van der Waals surface area contributed by atoms with Gasteiger partial charge in [-0.3, -0.25) is 0 Å². The van der Waals surface area contributed by atoms with E-state index in [-0.39, 0.29) is 18.1 Å². The largest absolute Gasteiger partial charge is 0.548 e. The first-order valence-corrected chi connectivity index (χ1v) is 9.12. The number of alkyl carbamates (subject to hydrolysis) is 1. The highest BCUT2D eigenvalue weighted by atomic mass is 19.1. The zero-order valence-electron chi connectivity index (χ0n) is 15.3. The second kappa shape index (κ2) is 7.75. The number of hydrogen-bond donors (Lipinski definition) is 1. The van der Waals surface area contributed by atoms with Gasteiger partial charge in [-0.2, -0.15) is 0 Å². The third-order valence-corrected chi connectivity index (χ3v) is 5.04. The molecule has 0 heterocycles. The number of ether oxygens (including phenoxy) is 1. The summed E-state index contributed by atoms with van der Waals surface area (Å²) in [6.45, 7) is 0.0586. The highest BCUT2D eigenvalue weighted by molar-refractivity contribution is 5.81. The van der Waals surface area contributed by atoms with Crippen LogP contribution in [0, 0.1) is 5.82 Å². The summed E-state index contributed by atoms with van der Waals surface area (Å²) < 4.78 is 18.4. The first-order valence-electron chi connectivity index (χ1n) is 9.12. The molecule has 0 aromatic heterocycles. The fourth-order valence-electron chi connectivity index (χ4n) is 3.69. The van der Waals surface area contributed by atoms with Crippen molar-refractivity contribution in [3.8, 4) is 11.1 Å². The lowest BCUT2D eigenvalue weighted by atomic mass is 9.98. The van der Waals surface area contributed by atoms with Crippen LogP contribution in [0.15, 0.2) is 72.8 Å². The maximum atomic E-state index is 13.1. The second-order valence-corrected chi connectivity index (χ2v) is 6.77. The Hall–Kier alpha value is -3.67. The summed E-state index contributed by atoms with van der Waals surface area (Å²) in [6.07, 6.45) is -0.884. The van der Waals surface area contributed by atoms with Gasteiger partial charge in [0.15, 0.2) is 0 Å². The van der Waals surface area contributed by atoms with Crippen LogP contribution in [-0.2, 0) is 9.53 Å². The van der Waals surface area contributed by atoms with Crippen LogP contribution in [0.25, 0.3) is 11.1 Å². The number of carbonyl (C=O) groups excluding carboxylic acids is 2. The zero-order valence-corrected chi connectivity index (χ0v) is 15.3. The lowest BCUT2D eigenvalue weighted by Gasteiger charge is -2.21. The van der Waals surface area contributed by atoms with Gasteiger partial charge in [0.1, 0.15) is 12.4 Å². The predicted octanol–water partition coefficient (Wildman–Crippen LogP) is 3.16. The average molecular weight is 390 g/mol. The highest BCUT2D eigenvalue weighted by Gasteiger charge is 2.29. The molecule has 5 nitrogen and oxygen atoms in total. The summed E-state index contributed by atoms with van der Waals surface area (Å²) in [5, 5.41) is 13.7. The number of aliphatic carboxylic acids is 1. The van der Waals surface area contributed by atoms with Gasteiger partial charge in [-0.1, -0.05) is 60.7 Å². The van der Waals surface area contributed by atoms with E-state index in [9.17, 15) is 19.1 Å². The number of amides is 1. The Bertz CT molecular complexity index is 1020. The first kappa shape index (κ1) is 18.7. The summed E-state index contributed by atoms with van der Waals surface area (Å²) in [5.74, 6) is -2.16. The molecular weight excluding hydrogens is 373 g/mol. The molecule has 0 spiro atoms. The Labute approximate surface area is 166 Å². The lowest BCUT2D eigenvalue weighted by molar-refractivity contribution is -0.308. The smallest absolute Gasteiger partial charge is 0.407 e. The molecule has 3 aromatic carbocycles. The molecule has 29 heavy (non-hydrogen) atoms. The summed E-state index contributed by atoms with van der Waals surface area (Å²) in [7, 11) is 0. The van der Waals surface area contributed by atoms with Gasteiger partial charge in [-0.15, -0.1) is 0 Å². The van der Waals surface area contributed by atoms with Gasteiger partial charge in [-0.25, -0.2) is 9.18 Å². The van der Waals surface area contributed by atoms with Gasteiger partial charge in [0.2, 0.25) is 0 Å². The number of nitrogens with one attached hydrogen (secondary N) is 1. The van der Waals surface area contributed by atoms with E-state index in [1.165, 1.54) is 12.1 Å². The normalized spacial score (nSPS) is 13.3. The minimum Gasteiger partial charge on any atom is -0.548 e. The van der Waals surface area contributed by atoms with Crippen molar-refractivity contribution in [1.29, 1.82) is 0 Å². The number of carboxylic acids is 1. The minimum absolute atomic E-state index is 0.0586. The number of benzene rings is 3. The van der Waals surface area contributed by atoms with Gasteiger partial charge in [0, 0.05) is 5.92 Å². The van der Waals surface area contributed by atoms with E-state index in [4.69, 9.17) is 4.74 Å². The van der Waals surface area contributed by atoms with Crippen LogP contribution < -0.4 is 10.4 Å². The van der Waals surface area contributed by atoms with E-state index in [0.717, 1.165) is 34.4 Å². The lowest BCUT2D eigenvalue weighted by Crippen LogP contribution is -2.41. The number of carboxylic acid groups (broad SMARTS) is 1. The quantitative estimate of drug-likeness (QED) is 0.726. The Balaban J connectivity index is 1.48.